The van der Waals surface area contributed by atoms with Crippen molar-refractivity contribution in [3.8, 4) is 0 Å². The summed E-state index contributed by atoms with van der Waals surface area (Å²) in [7, 11) is 0. The molecular weight excluding hydrogens is 330 g/mol. The second kappa shape index (κ2) is 9.27. The van der Waals surface area contributed by atoms with Crippen LogP contribution in [-0.4, -0.2) is 48.3 Å². The van der Waals surface area contributed by atoms with Crippen LogP contribution in [0, 0.1) is 0 Å². The van der Waals surface area contributed by atoms with E-state index in [0.29, 0.717) is 19.6 Å². The van der Waals surface area contributed by atoms with Crippen LogP contribution in [0.15, 0.2) is 36.4 Å². The van der Waals surface area contributed by atoms with E-state index >= 15 is 0 Å². The monoisotopic (exact) mass is 359 g/mol. The minimum atomic E-state index is -0.502. The zero-order valence-corrected chi connectivity index (χ0v) is 15.8. The molecule has 1 heterocycles. The highest BCUT2D eigenvalue weighted by molar-refractivity contribution is 5.74. The lowest BCUT2D eigenvalue weighted by atomic mass is 10.1. The number of nitrogens with zero attached hydrogens (tertiary/aromatic N) is 1. The van der Waals surface area contributed by atoms with Gasteiger partial charge in [0.15, 0.2) is 0 Å². The van der Waals surface area contributed by atoms with E-state index in [2.05, 4.69) is 10.6 Å². The van der Waals surface area contributed by atoms with Crippen LogP contribution in [-0.2, 0) is 4.74 Å². The van der Waals surface area contributed by atoms with Gasteiger partial charge in [0.1, 0.15) is 5.60 Å². The number of likely N-dealkylation sites (tertiary alicyclic amines) is 1. The van der Waals surface area contributed by atoms with E-state index in [0.717, 1.165) is 18.4 Å². The molecule has 1 saturated heterocycles. The van der Waals surface area contributed by atoms with E-state index in [1.165, 1.54) is 0 Å². The molecule has 1 aromatic rings. The first-order valence-electron chi connectivity index (χ1n) is 9.07. The standard InChI is InChI=1S/C20H29N3O3/c1-20(2,3)26-19(25)22-17-11-14-23(15-12-17)18(24)21-13-7-10-16-8-5-4-6-9-16/h4-10,17H,11-15H2,1-3H3,(H,21,24)(H,22,25)/b10-7+. The van der Waals surface area contributed by atoms with Gasteiger partial charge in [0.2, 0.25) is 0 Å². The van der Waals surface area contributed by atoms with Crippen molar-refractivity contribution < 1.29 is 14.3 Å². The maximum absolute atomic E-state index is 12.2. The Balaban J connectivity index is 1.66. The number of rotatable bonds is 4. The summed E-state index contributed by atoms with van der Waals surface area (Å²) in [5.74, 6) is 0. The van der Waals surface area contributed by atoms with Gasteiger partial charge in [0.25, 0.3) is 0 Å². The van der Waals surface area contributed by atoms with E-state index in [1.54, 1.807) is 4.90 Å². The van der Waals surface area contributed by atoms with Gasteiger partial charge in [-0.2, -0.15) is 0 Å². The highest BCUT2D eigenvalue weighted by atomic mass is 16.6. The average molecular weight is 359 g/mol. The van der Waals surface area contributed by atoms with Gasteiger partial charge in [-0.25, -0.2) is 9.59 Å². The molecule has 2 N–H and O–H groups in total. The third-order valence-electron chi connectivity index (χ3n) is 3.98. The fourth-order valence-corrected chi connectivity index (χ4v) is 2.72. The average Bonchev–Trinajstić information content (AvgIpc) is 2.58. The van der Waals surface area contributed by atoms with Gasteiger partial charge >= 0.3 is 12.1 Å². The summed E-state index contributed by atoms with van der Waals surface area (Å²) in [5.41, 5.74) is 0.605. The summed E-state index contributed by atoms with van der Waals surface area (Å²) >= 11 is 0. The van der Waals surface area contributed by atoms with Crippen LogP contribution in [0.5, 0.6) is 0 Å². The van der Waals surface area contributed by atoms with Crippen LogP contribution in [0.3, 0.4) is 0 Å². The molecule has 0 bridgehead atoms. The largest absolute Gasteiger partial charge is 0.444 e. The van der Waals surface area contributed by atoms with Gasteiger partial charge in [0.05, 0.1) is 0 Å². The Labute approximate surface area is 155 Å². The molecule has 1 aliphatic rings. The molecule has 1 fully saturated rings. The number of piperidine rings is 1. The molecule has 0 spiro atoms. The normalized spacial score (nSPS) is 15.7. The summed E-state index contributed by atoms with van der Waals surface area (Å²) in [6.07, 6.45) is 4.98. The third-order valence-corrected chi connectivity index (χ3v) is 3.98. The highest BCUT2D eigenvalue weighted by Gasteiger charge is 2.25. The smallest absolute Gasteiger partial charge is 0.407 e. The summed E-state index contributed by atoms with van der Waals surface area (Å²) in [4.78, 5) is 25.8. The first-order valence-corrected chi connectivity index (χ1v) is 9.07. The molecule has 26 heavy (non-hydrogen) atoms. The molecule has 0 unspecified atom stereocenters. The van der Waals surface area contributed by atoms with Crippen LogP contribution >= 0.6 is 0 Å². The van der Waals surface area contributed by atoms with Crippen molar-refractivity contribution in [2.24, 2.45) is 0 Å². The van der Waals surface area contributed by atoms with Crippen molar-refractivity contribution in [1.29, 1.82) is 0 Å². The summed E-state index contributed by atoms with van der Waals surface area (Å²) < 4.78 is 5.27. The quantitative estimate of drug-likeness (QED) is 0.865. The zero-order valence-electron chi connectivity index (χ0n) is 15.8. The summed E-state index contributed by atoms with van der Waals surface area (Å²) in [6, 6.07) is 9.94. The van der Waals surface area contributed by atoms with Crippen LogP contribution in [0.25, 0.3) is 6.08 Å². The molecule has 6 nitrogen and oxygen atoms in total. The molecule has 1 aliphatic heterocycles. The van der Waals surface area contributed by atoms with E-state index in [4.69, 9.17) is 4.74 Å². The first kappa shape index (κ1) is 19.8. The number of hydrogen-bond donors (Lipinski definition) is 2. The molecule has 0 aromatic heterocycles. The molecule has 3 amide bonds. The van der Waals surface area contributed by atoms with Crippen molar-refractivity contribution >= 4 is 18.2 Å². The van der Waals surface area contributed by atoms with Crippen molar-refractivity contribution in [3.05, 3.63) is 42.0 Å². The second-order valence-corrected chi connectivity index (χ2v) is 7.41. The fourth-order valence-electron chi connectivity index (χ4n) is 2.72. The summed E-state index contributed by atoms with van der Waals surface area (Å²) in [6.45, 7) is 7.25. The molecule has 2 rings (SSSR count). The lowest BCUT2D eigenvalue weighted by Crippen LogP contribution is -2.50. The maximum atomic E-state index is 12.2. The number of amides is 3. The van der Waals surface area contributed by atoms with Gasteiger partial charge in [-0.15, -0.1) is 0 Å². The Morgan fingerprint density at radius 2 is 1.85 bits per heavy atom. The molecule has 1 aromatic carbocycles. The predicted octanol–water partition coefficient (Wildman–Crippen LogP) is 3.40. The molecule has 0 saturated carbocycles. The van der Waals surface area contributed by atoms with Gasteiger partial charge in [-0.05, 0) is 39.2 Å². The van der Waals surface area contributed by atoms with E-state index in [-0.39, 0.29) is 12.1 Å². The lowest BCUT2D eigenvalue weighted by molar-refractivity contribution is 0.0485. The number of hydrogen-bond acceptors (Lipinski definition) is 3. The Hall–Kier alpha value is -2.50. The second-order valence-electron chi connectivity index (χ2n) is 7.41. The fraction of sp³-hybridized carbons (Fsp3) is 0.500. The SMILES string of the molecule is CC(C)(C)OC(=O)NC1CCN(C(=O)NC/C=C/c2ccccc2)CC1. The molecule has 0 aliphatic carbocycles. The number of carbonyl (C=O) groups excluding carboxylic acids is 2. The van der Waals surface area contributed by atoms with Crippen LogP contribution < -0.4 is 10.6 Å². The number of urea groups is 1. The Bertz CT molecular complexity index is 615. The topological polar surface area (TPSA) is 70.7 Å². The maximum Gasteiger partial charge on any atom is 0.407 e. The number of carbonyl (C=O) groups is 2. The Morgan fingerprint density at radius 3 is 2.46 bits per heavy atom. The number of nitrogens with one attached hydrogen (secondary N) is 2. The van der Waals surface area contributed by atoms with Gasteiger partial charge < -0.3 is 20.3 Å². The van der Waals surface area contributed by atoms with E-state index in [9.17, 15) is 9.59 Å². The van der Waals surface area contributed by atoms with Crippen molar-refractivity contribution in [1.82, 2.24) is 15.5 Å². The highest BCUT2D eigenvalue weighted by Crippen LogP contribution is 2.12. The number of benzene rings is 1. The third kappa shape index (κ3) is 7.17. The Kier molecular flexibility index (Phi) is 7.06. The van der Waals surface area contributed by atoms with Gasteiger partial charge in [-0.3, -0.25) is 0 Å². The first-order chi connectivity index (χ1) is 12.3. The molecular formula is C20H29N3O3. The van der Waals surface area contributed by atoms with Crippen molar-refractivity contribution in [2.45, 2.75) is 45.3 Å². The predicted molar refractivity (Wildman–Crippen MR) is 103 cm³/mol. The van der Waals surface area contributed by atoms with E-state index in [1.807, 2.05) is 63.3 Å². The summed E-state index contributed by atoms with van der Waals surface area (Å²) in [5, 5.41) is 5.77. The zero-order chi connectivity index (χ0) is 19.0. The lowest BCUT2D eigenvalue weighted by Gasteiger charge is -2.32. The van der Waals surface area contributed by atoms with E-state index < -0.39 is 11.7 Å². The number of ether oxygens (including phenoxy) is 1. The molecule has 0 radical (unpaired) electrons. The van der Waals surface area contributed by atoms with Crippen LogP contribution in [0.2, 0.25) is 0 Å². The number of alkyl carbamates (subject to hydrolysis) is 1. The molecule has 142 valence electrons. The van der Waals surface area contributed by atoms with Gasteiger partial charge in [-0.1, -0.05) is 42.5 Å². The minimum Gasteiger partial charge on any atom is -0.444 e. The van der Waals surface area contributed by atoms with Crippen LogP contribution in [0.4, 0.5) is 9.59 Å². The van der Waals surface area contributed by atoms with Crippen molar-refractivity contribution in [2.75, 3.05) is 19.6 Å². The minimum absolute atomic E-state index is 0.0480. The Morgan fingerprint density at radius 1 is 1.19 bits per heavy atom. The molecule has 0 atom stereocenters. The van der Waals surface area contributed by atoms with Crippen molar-refractivity contribution in [3.63, 3.8) is 0 Å². The molecule has 6 heteroatoms. The van der Waals surface area contributed by atoms with Gasteiger partial charge in [0, 0.05) is 25.7 Å². The van der Waals surface area contributed by atoms with Crippen LogP contribution in [0.1, 0.15) is 39.2 Å².